The van der Waals surface area contributed by atoms with Crippen LogP contribution < -0.4 is 10.8 Å². The molecule has 0 unspecified atom stereocenters. The first-order chi connectivity index (χ1) is 7.80. The minimum atomic E-state index is -0.856. The SMILES string of the molecule is C/C=C/C[C@H](NC(=O)OC(C)(C)C)C(=O)NO. The summed E-state index contributed by atoms with van der Waals surface area (Å²) in [4.78, 5) is 22.7. The molecule has 0 aromatic heterocycles. The minimum absolute atomic E-state index is 0.280. The Morgan fingerprint density at radius 1 is 1.41 bits per heavy atom. The number of hydroxylamine groups is 1. The Morgan fingerprint density at radius 3 is 2.41 bits per heavy atom. The lowest BCUT2D eigenvalue weighted by molar-refractivity contribution is -0.131. The molecule has 0 rings (SSSR count). The van der Waals surface area contributed by atoms with Gasteiger partial charge < -0.3 is 10.1 Å². The summed E-state index contributed by atoms with van der Waals surface area (Å²) in [6.45, 7) is 6.96. The van der Waals surface area contributed by atoms with Crippen molar-refractivity contribution in [3.8, 4) is 0 Å². The van der Waals surface area contributed by atoms with E-state index in [4.69, 9.17) is 9.94 Å². The maximum Gasteiger partial charge on any atom is 0.408 e. The molecule has 0 aromatic carbocycles. The summed E-state index contributed by atoms with van der Waals surface area (Å²) >= 11 is 0. The van der Waals surface area contributed by atoms with Crippen molar-refractivity contribution in [1.29, 1.82) is 0 Å². The highest BCUT2D eigenvalue weighted by Crippen LogP contribution is 2.07. The molecule has 0 aliphatic heterocycles. The molecule has 2 amide bonds. The van der Waals surface area contributed by atoms with Crippen molar-refractivity contribution in [2.24, 2.45) is 0 Å². The Morgan fingerprint density at radius 2 is 2.00 bits per heavy atom. The van der Waals surface area contributed by atoms with Crippen molar-refractivity contribution in [1.82, 2.24) is 10.8 Å². The minimum Gasteiger partial charge on any atom is -0.444 e. The van der Waals surface area contributed by atoms with Gasteiger partial charge in [0, 0.05) is 0 Å². The Balaban J connectivity index is 4.42. The molecule has 1 atom stereocenters. The van der Waals surface area contributed by atoms with Crippen LogP contribution in [0, 0.1) is 0 Å². The smallest absolute Gasteiger partial charge is 0.408 e. The first kappa shape index (κ1) is 15.4. The Labute approximate surface area is 101 Å². The number of rotatable bonds is 4. The van der Waals surface area contributed by atoms with Crippen molar-refractivity contribution in [2.45, 2.75) is 45.8 Å². The molecular formula is C11H20N2O4. The monoisotopic (exact) mass is 244 g/mol. The van der Waals surface area contributed by atoms with Gasteiger partial charge in [-0.2, -0.15) is 0 Å². The number of alkyl carbamates (subject to hydrolysis) is 1. The number of hydrogen-bond donors (Lipinski definition) is 3. The molecule has 0 saturated heterocycles. The van der Waals surface area contributed by atoms with Gasteiger partial charge in [-0.05, 0) is 34.1 Å². The van der Waals surface area contributed by atoms with Gasteiger partial charge in [0.2, 0.25) is 0 Å². The fourth-order valence-corrected chi connectivity index (χ4v) is 1.03. The van der Waals surface area contributed by atoms with Crippen LogP contribution >= 0.6 is 0 Å². The first-order valence-electron chi connectivity index (χ1n) is 5.34. The molecular weight excluding hydrogens is 224 g/mol. The zero-order valence-electron chi connectivity index (χ0n) is 10.6. The second-order valence-electron chi connectivity index (χ2n) is 4.48. The van der Waals surface area contributed by atoms with Gasteiger partial charge in [-0.1, -0.05) is 12.2 Å². The molecule has 0 radical (unpaired) electrons. The maximum atomic E-state index is 11.4. The van der Waals surface area contributed by atoms with E-state index in [1.807, 2.05) is 0 Å². The summed E-state index contributed by atoms with van der Waals surface area (Å²) < 4.78 is 5.01. The van der Waals surface area contributed by atoms with E-state index >= 15 is 0 Å². The standard InChI is InChI=1S/C11H20N2O4/c1-5-6-7-8(9(14)13-16)12-10(15)17-11(2,3)4/h5-6,8,16H,7H2,1-4H3,(H,12,15)(H,13,14)/b6-5+/t8-/m0/s1. The van der Waals surface area contributed by atoms with Crippen molar-refractivity contribution in [3.05, 3.63) is 12.2 Å². The highest BCUT2D eigenvalue weighted by Gasteiger charge is 2.22. The van der Waals surface area contributed by atoms with E-state index in [1.54, 1.807) is 39.8 Å². The first-order valence-corrected chi connectivity index (χ1v) is 5.34. The van der Waals surface area contributed by atoms with Crippen LogP contribution in [0.3, 0.4) is 0 Å². The quantitative estimate of drug-likeness (QED) is 0.396. The second-order valence-corrected chi connectivity index (χ2v) is 4.48. The van der Waals surface area contributed by atoms with Crippen LogP contribution in [0.15, 0.2) is 12.2 Å². The van der Waals surface area contributed by atoms with Crippen LogP contribution in [0.2, 0.25) is 0 Å². The fraction of sp³-hybridized carbons (Fsp3) is 0.636. The van der Waals surface area contributed by atoms with Crippen LogP contribution in [-0.4, -0.2) is 28.9 Å². The van der Waals surface area contributed by atoms with Gasteiger partial charge in [-0.25, -0.2) is 10.3 Å². The molecule has 0 aromatic rings. The van der Waals surface area contributed by atoms with Gasteiger partial charge in [-0.15, -0.1) is 0 Å². The van der Waals surface area contributed by atoms with Gasteiger partial charge in [0.15, 0.2) is 0 Å². The van der Waals surface area contributed by atoms with Gasteiger partial charge in [0.05, 0.1) is 0 Å². The number of nitrogens with one attached hydrogen (secondary N) is 2. The van der Waals surface area contributed by atoms with Crippen molar-refractivity contribution in [3.63, 3.8) is 0 Å². The van der Waals surface area contributed by atoms with E-state index < -0.39 is 23.6 Å². The molecule has 0 saturated carbocycles. The molecule has 6 nitrogen and oxygen atoms in total. The third kappa shape index (κ3) is 7.35. The number of amides is 2. The van der Waals surface area contributed by atoms with E-state index in [0.717, 1.165) is 0 Å². The fourth-order valence-electron chi connectivity index (χ4n) is 1.03. The lowest BCUT2D eigenvalue weighted by atomic mass is 10.2. The second kappa shape index (κ2) is 6.90. The Hall–Kier alpha value is -1.56. The molecule has 3 N–H and O–H groups in total. The molecule has 6 heteroatoms. The lowest BCUT2D eigenvalue weighted by Crippen LogP contribution is -2.47. The lowest BCUT2D eigenvalue weighted by Gasteiger charge is -2.22. The molecule has 0 heterocycles. The van der Waals surface area contributed by atoms with Gasteiger partial charge in [0.1, 0.15) is 11.6 Å². The predicted octanol–water partition coefficient (Wildman–Crippen LogP) is 1.35. The summed E-state index contributed by atoms with van der Waals surface area (Å²) in [5.74, 6) is -0.686. The Kier molecular flexibility index (Phi) is 6.27. The summed E-state index contributed by atoms with van der Waals surface area (Å²) in [7, 11) is 0. The van der Waals surface area contributed by atoms with Gasteiger partial charge >= 0.3 is 6.09 Å². The molecule has 0 aliphatic carbocycles. The number of allylic oxidation sites excluding steroid dienone is 1. The number of ether oxygens (including phenoxy) is 1. The van der Waals surface area contributed by atoms with Crippen LogP contribution in [0.4, 0.5) is 4.79 Å². The molecule has 17 heavy (non-hydrogen) atoms. The average Bonchev–Trinajstić information content (AvgIpc) is 2.20. The summed E-state index contributed by atoms with van der Waals surface area (Å²) in [6.07, 6.45) is 3.03. The number of carbonyl (C=O) groups excluding carboxylic acids is 2. The van der Waals surface area contributed by atoms with E-state index in [-0.39, 0.29) is 6.42 Å². The topological polar surface area (TPSA) is 87.7 Å². The highest BCUT2D eigenvalue weighted by molar-refractivity contribution is 5.84. The predicted molar refractivity (Wildman–Crippen MR) is 62.5 cm³/mol. The summed E-state index contributed by atoms with van der Waals surface area (Å²) in [6, 6.07) is -0.856. The molecule has 0 aliphatic rings. The highest BCUT2D eigenvalue weighted by atomic mass is 16.6. The van der Waals surface area contributed by atoms with E-state index in [0.29, 0.717) is 0 Å². The normalized spacial score (nSPS) is 13.2. The van der Waals surface area contributed by atoms with Crippen LogP contribution in [0.1, 0.15) is 34.1 Å². The van der Waals surface area contributed by atoms with E-state index in [1.165, 1.54) is 5.48 Å². The zero-order valence-corrected chi connectivity index (χ0v) is 10.6. The molecule has 0 spiro atoms. The van der Waals surface area contributed by atoms with Crippen molar-refractivity contribution < 1.29 is 19.5 Å². The summed E-state index contributed by atoms with van der Waals surface area (Å²) in [5.41, 5.74) is 0.865. The van der Waals surface area contributed by atoms with Crippen LogP contribution in [0.25, 0.3) is 0 Å². The number of carbonyl (C=O) groups is 2. The van der Waals surface area contributed by atoms with E-state index in [2.05, 4.69) is 5.32 Å². The maximum absolute atomic E-state index is 11.4. The van der Waals surface area contributed by atoms with Gasteiger partial charge in [-0.3, -0.25) is 10.0 Å². The molecule has 98 valence electrons. The van der Waals surface area contributed by atoms with Crippen LogP contribution in [-0.2, 0) is 9.53 Å². The average molecular weight is 244 g/mol. The zero-order chi connectivity index (χ0) is 13.5. The molecule has 0 bridgehead atoms. The number of hydrogen-bond acceptors (Lipinski definition) is 4. The largest absolute Gasteiger partial charge is 0.444 e. The third-order valence-corrected chi connectivity index (χ3v) is 1.73. The summed E-state index contributed by atoms with van der Waals surface area (Å²) in [5, 5.41) is 10.9. The van der Waals surface area contributed by atoms with E-state index in [9.17, 15) is 9.59 Å². The molecule has 0 fully saturated rings. The van der Waals surface area contributed by atoms with Crippen molar-refractivity contribution >= 4 is 12.0 Å². The Bertz CT molecular complexity index is 294. The van der Waals surface area contributed by atoms with Gasteiger partial charge in [0.25, 0.3) is 5.91 Å². The third-order valence-electron chi connectivity index (χ3n) is 1.73. The van der Waals surface area contributed by atoms with Crippen molar-refractivity contribution in [2.75, 3.05) is 0 Å². The van der Waals surface area contributed by atoms with Crippen LogP contribution in [0.5, 0.6) is 0 Å².